The van der Waals surface area contributed by atoms with Gasteiger partial charge in [-0.05, 0) is 84.6 Å². The Bertz CT molecular complexity index is 3030. The van der Waals surface area contributed by atoms with E-state index in [2.05, 4.69) is 206 Å². The SMILES string of the molecule is c1ccc(-c2ccc3c(c2)C(c2ccccc2)(c2ccccc2)c2cc(-c4ccc(-c5cc(-c6ccccc6)nc(-c6ccccc6)n5)c5ccccc45)ccc2-3)cc1. The van der Waals surface area contributed by atoms with Crippen LogP contribution >= 0.6 is 0 Å². The minimum atomic E-state index is -0.535. The summed E-state index contributed by atoms with van der Waals surface area (Å²) in [6.07, 6.45) is 0. The topological polar surface area (TPSA) is 25.8 Å². The number of fused-ring (bicyclic) bond motifs is 4. The Morgan fingerprint density at radius 3 is 1.29 bits per heavy atom. The molecule has 0 N–H and O–H groups in total. The van der Waals surface area contributed by atoms with E-state index in [0.717, 1.165) is 33.5 Å². The van der Waals surface area contributed by atoms with Gasteiger partial charge in [-0.15, -0.1) is 0 Å². The molecular weight excluding hydrogens is 713 g/mol. The second-order valence-corrected chi connectivity index (χ2v) is 15.3. The average molecular weight is 751 g/mol. The summed E-state index contributed by atoms with van der Waals surface area (Å²) in [6, 6.07) is 83.1. The molecule has 1 heterocycles. The first-order valence-corrected chi connectivity index (χ1v) is 20.2. The number of hydrogen-bond donors (Lipinski definition) is 0. The molecule has 1 aliphatic carbocycles. The third-order valence-electron chi connectivity index (χ3n) is 12.0. The standard InChI is InChI=1S/C57H38N2/c1-6-18-39(19-7-1)42-30-32-49-50-33-31-43(37-53(50)57(52(49)36-42,44-24-12-4-13-25-44)45-26-14-5-15-27-45)46-34-35-51(48-29-17-16-28-47(46)48)55-38-54(40-20-8-2-9-21-40)58-56(59-55)41-22-10-3-11-23-41/h1-38H. The van der Waals surface area contributed by atoms with E-state index in [1.165, 1.54) is 61.0 Å². The molecule has 0 unspecified atom stereocenters. The Labute approximate surface area is 344 Å². The first-order valence-electron chi connectivity index (χ1n) is 20.2. The van der Waals surface area contributed by atoms with Crippen LogP contribution in [-0.4, -0.2) is 9.97 Å². The second kappa shape index (κ2) is 14.4. The fraction of sp³-hybridized carbons (Fsp3) is 0.0175. The molecule has 0 saturated carbocycles. The maximum atomic E-state index is 5.23. The van der Waals surface area contributed by atoms with Crippen LogP contribution in [0, 0.1) is 0 Å². The van der Waals surface area contributed by atoms with Crippen LogP contribution in [0.3, 0.4) is 0 Å². The molecule has 0 bridgehead atoms. The molecule has 0 atom stereocenters. The van der Waals surface area contributed by atoms with Crippen molar-refractivity contribution in [3.8, 4) is 67.3 Å². The maximum Gasteiger partial charge on any atom is 0.160 e. The predicted octanol–water partition coefficient (Wildman–Crippen LogP) is 14.3. The van der Waals surface area contributed by atoms with Crippen molar-refractivity contribution in [2.24, 2.45) is 0 Å². The van der Waals surface area contributed by atoms with Gasteiger partial charge in [0.05, 0.1) is 16.8 Å². The number of benzene rings is 9. The minimum absolute atomic E-state index is 0.535. The number of aromatic nitrogens is 2. The smallest absolute Gasteiger partial charge is 0.160 e. The van der Waals surface area contributed by atoms with Gasteiger partial charge in [0, 0.05) is 16.7 Å². The molecule has 276 valence electrons. The first kappa shape index (κ1) is 34.6. The second-order valence-electron chi connectivity index (χ2n) is 15.3. The lowest BCUT2D eigenvalue weighted by atomic mass is 9.67. The molecule has 10 aromatic rings. The molecule has 11 rings (SSSR count). The van der Waals surface area contributed by atoms with Crippen LogP contribution in [0.1, 0.15) is 22.3 Å². The summed E-state index contributed by atoms with van der Waals surface area (Å²) in [4.78, 5) is 10.3. The summed E-state index contributed by atoms with van der Waals surface area (Å²) in [7, 11) is 0. The molecule has 0 spiro atoms. The van der Waals surface area contributed by atoms with Gasteiger partial charge in [0.25, 0.3) is 0 Å². The van der Waals surface area contributed by atoms with Crippen LogP contribution in [0.2, 0.25) is 0 Å². The first-order chi connectivity index (χ1) is 29.3. The fourth-order valence-corrected chi connectivity index (χ4v) is 9.30. The van der Waals surface area contributed by atoms with Gasteiger partial charge in [-0.25, -0.2) is 9.97 Å². The Morgan fingerprint density at radius 2 is 0.695 bits per heavy atom. The van der Waals surface area contributed by atoms with Crippen LogP contribution in [-0.2, 0) is 5.41 Å². The molecule has 59 heavy (non-hydrogen) atoms. The predicted molar refractivity (Wildman–Crippen MR) is 244 cm³/mol. The summed E-state index contributed by atoms with van der Waals surface area (Å²) in [5.74, 6) is 0.710. The third kappa shape index (κ3) is 5.80. The van der Waals surface area contributed by atoms with E-state index in [9.17, 15) is 0 Å². The van der Waals surface area contributed by atoms with E-state index in [0.29, 0.717) is 5.82 Å². The third-order valence-corrected chi connectivity index (χ3v) is 12.0. The van der Waals surface area contributed by atoms with Crippen LogP contribution in [0.4, 0.5) is 0 Å². The van der Waals surface area contributed by atoms with Gasteiger partial charge in [-0.2, -0.15) is 0 Å². The van der Waals surface area contributed by atoms with Gasteiger partial charge < -0.3 is 0 Å². The largest absolute Gasteiger partial charge is 0.228 e. The Morgan fingerprint density at radius 1 is 0.271 bits per heavy atom. The van der Waals surface area contributed by atoms with E-state index >= 15 is 0 Å². The fourth-order valence-electron chi connectivity index (χ4n) is 9.30. The zero-order valence-corrected chi connectivity index (χ0v) is 32.3. The lowest BCUT2D eigenvalue weighted by Crippen LogP contribution is -2.28. The zero-order chi connectivity index (χ0) is 39.2. The van der Waals surface area contributed by atoms with Crippen molar-refractivity contribution < 1.29 is 0 Å². The van der Waals surface area contributed by atoms with E-state index < -0.39 is 5.41 Å². The Hall–Kier alpha value is -7.68. The van der Waals surface area contributed by atoms with E-state index in [-0.39, 0.29) is 0 Å². The van der Waals surface area contributed by atoms with E-state index in [1.807, 2.05) is 24.3 Å². The lowest BCUT2D eigenvalue weighted by molar-refractivity contribution is 0.769. The monoisotopic (exact) mass is 750 g/mol. The summed E-state index contributed by atoms with van der Waals surface area (Å²) in [6.45, 7) is 0. The molecule has 2 heteroatoms. The molecule has 1 aromatic heterocycles. The molecule has 0 fully saturated rings. The highest BCUT2D eigenvalue weighted by molar-refractivity contribution is 6.05. The molecule has 0 radical (unpaired) electrons. The molecule has 0 amide bonds. The highest BCUT2D eigenvalue weighted by Crippen LogP contribution is 2.57. The van der Waals surface area contributed by atoms with Gasteiger partial charge >= 0.3 is 0 Å². The molecule has 0 saturated heterocycles. The maximum absolute atomic E-state index is 5.23. The van der Waals surface area contributed by atoms with Crippen LogP contribution in [0.15, 0.2) is 231 Å². The zero-order valence-electron chi connectivity index (χ0n) is 32.3. The summed E-state index contributed by atoms with van der Waals surface area (Å²) < 4.78 is 0. The number of hydrogen-bond acceptors (Lipinski definition) is 2. The van der Waals surface area contributed by atoms with Crippen molar-refractivity contribution in [3.63, 3.8) is 0 Å². The van der Waals surface area contributed by atoms with Crippen molar-refractivity contribution >= 4 is 10.8 Å². The Balaban J connectivity index is 1.12. The summed E-state index contributed by atoms with van der Waals surface area (Å²) >= 11 is 0. The lowest BCUT2D eigenvalue weighted by Gasteiger charge is -2.34. The van der Waals surface area contributed by atoms with Gasteiger partial charge in [-0.3, -0.25) is 0 Å². The number of nitrogens with zero attached hydrogens (tertiary/aromatic N) is 2. The summed E-state index contributed by atoms with van der Waals surface area (Å²) in [5.41, 5.74) is 16.8. The summed E-state index contributed by atoms with van der Waals surface area (Å²) in [5, 5.41) is 2.33. The van der Waals surface area contributed by atoms with Crippen molar-refractivity contribution in [1.82, 2.24) is 9.97 Å². The molecule has 9 aromatic carbocycles. The van der Waals surface area contributed by atoms with Crippen molar-refractivity contribution in [1.29, 1.82) is 0 Å². The van der Waals surface area contributed by atoms with Gasteiger partial charge in [0.15, 0.2) is 5.82 Å². The van der Waals surface area contributed by atoms with Gasteiger partial charge in [0.1, 0.15) is 0 Å². The van der Waals surface area contributed by atoms with Crippen LogP contribution in [0.25, 0.3) is 78.1 Å². The van der Waals surface area contributed by atoms with Crippen LogP contribution in [0.5, 0.6) is 0 Å². The van der Waals surface area contributed by atoms with E-state index in [1.54, 1.807) is 0 Å². The highest BCUT2D eigenvalue weighted by Gasteiger charge is 2.46. The van der Waals surface area contributed by atoms with Crippen LogP contribution < -0.4 is 0 Å². The van der Waals surface area contributed by atoms with E-state index in [4.69, 9.17) is 9.97 Å². The molecule has 1 aliphatic rings. The quantitative estimate of drug-likeness (QED) is 0.162. The minimum Gasteiger partial charge on any atom is -0.228 e. The van der Waals surface area contributed by atoms with Gasteiger partial charge in [0.2, 0.25) is 0 Å². The molecule has 2 nitrogen and oxygen atoms in total. The molecular formula is C57H38N2. The highest BCUT2D eigenvalue weighted by atomic mass is 14.9. The normalized spacial score (nSPS) is 12.5. The van der Waals surface area contributed by atoms with Gasteiger partial charge in [-0.1, -0.05) is 212 Å². The average Bonchev–Trinajstić information content (AvgIpc) is 3.62. The van der Waals surface area contributed by atoms with Crippen molar-refractivity contribution in [2.75, 3.05) is 0 Å². The molecule has 0 aliphatic heterocycles. The Kier molecular flexibility index (Phi) is 8.41. The van der Waals surface area contributed by atoms with Crippen molar-refractivity contribution in [3.05, 3.63) is 253 Å². The van der Waals surface area contributed by atoms with Crippen molar-refractivity contribution in [2.45, 2.75) is 5.41 Å². The number of rotatable bonds is 7.